The van der Waals surface area contributed by atoms with Gasteiger partial charge in [-0.15, -0.1) is 11.3 Å². The van der Waals surface area contributed by atoms with Crippen LogP contribution in [0.4, 0.5) is 0 Å². The zero-order chi connectivity index (χ0) is 13.1. The molecule has 2 aromatic heterocycles. The summed E-state index contributed by atoms with van der Waals surface area (Å²) in [6, 6.07) is 0.236. The molecule has 98 valence electrons. The van der Waals surface area contributed by atoms with Crippen molar-refractivity contribution in [2.75, 3.05) is 6.54 Å². The maximum absolute atomic E-state index is 4.61. The summed E-state index contributed by atoms with van der Waals surface area (Å²) in [5, 5.41) is 4.67. The lowest BCUT2D eigenvalue weighted by Crippen LogP contribution is -2.25. The molecule has 0 spiro atoms. The fraction of sp³-hybridized carbons (Fsp3) is 0.538. The Bertz CT molecular complexity index is 495. The molecule has 0 aliphatic carbocycles. The minimum Gasteiger partial charge on any atom is -0.337 e. The van der Waals surface area contributed by atoms with E-state index in [0.29, 0.717) is 0 Å². The molecule has 0 fully saturated rings. The first kappa shape index (κ1) is 13.2. The third-order valence-electron chi connectivity index (χ3n) is 3.07. The molecule has 1 unspecified atom stereocenters. The number of aryl methyl sites for hydroxylation is 3. The van der Waals surface area contributed by atoms with Crippen LogP contribution in [0, 0.1) is 13.8 Å². The molecule has 0 saturated heterocycles. The van der Waals surface area contributed by atoms with E-state index in [1.165, 1.54) is 9.88 Å². The normalized spacial score (nSPS) is 12.9. The second-order valence-corrected chi connectivity index (χ2v) is 5.75. The Morgan fingerprint density at radius 3 is 2.72 bits per heavy atom. The zero-order valence-electron chi connectivity index (χ0n) is 11.4. The van der Waals surface area contributed by atoms with Gasteiger partial charge in [-0.2, -0.15) is 0 Å². The molecule has 2 heterocycles. The number of hydrogen-bond acceptors (Lipinski definition) is 4. The van der Waals surface area contributed by atoms with Gasteiger partial charge in [0, 0.05) is 30.7 Å². The summed E-state index contributed by atoms with van der Waals surface area (Å²) >= 11 is 1.78. The second kappa shape index (κ2) is 5.63. The van der Waals surface area contributed by atoms with Crippen molar-refractivity contribution in [3.8, 4) is 0 Å². The zero-order valence-corrected chi connectivity index (χ0v) is 12.2. The van der Waals surface area contributed by atoms with E-state index >= 15 is 0 Å². The molecule has 2 aromatic rings. The highest BCUT2D eigenvalue weighted by molar-refractivity contribution is 7.11. The van der Waals surface area contributed by atoms with Gasteiger partial charge in [-0.1, -0.05) is 6.92 Å². The van der Waals surface area contributed by atoms with Crippen molar-refractivity contribution in [3.63, 3.8) is 0 Å². The van der Waals surface area contributed by atoms with E-state index in [2.05, 4.69) is 40.6 Å². The Morgan fingerprint density at radius 1 is 1.44 bits per heavy atom. The highest BCUT2D eigenvalue weighted by Gasteiger charge is 2.17. The molecule has 0 aromatic carbocycles. The maximum atomic E-state index is 4.61. The molecule has 2 rings (SSSR count). The Labute approximate surface area is 112 Å². The van der Waals surface area contributed by atoms with Gasteiger partial charge in [0.05, 0.1) is 16.7 Å². The number of hydrogen-bond donors (Lipinski definition) is 1. The first-order valence-electron chi connectivity index (χ1n) is 6.25. The topological polar surface area (TPSA) is 42.7 Å². The lowest BCUT2D eigenvalue weighted by Gasteiger charge is -2.16. The van der Waals surface area contributed by atoms with Crippen molar-refractivity contribution >= 4 is 11.3 Å². The number of nitrogens with zero attached hydrogens (tertiary/aromatic N) is 3. The standard InChI is InChI=1S/C13H20N4S/c1-5-14-11(13-15-6-7-17(13)4)8-12-16-9(2)10(3)18-12/h6-7,11,14H,5,8H2,1-4H3. The number of nitrogens with one attached hydrogen (secondary N) is 1. The quantitative estimate of drug-likeness (QED) is 0.901. The first-order valence-corrected chi connectivity index (χ1v) is 7.07. The van der Waals surface area contributed by atoms with Crippen LogP contribution in [-0.2, 0) is 13.5 Å². The van der Waals surface area contributed by atoms with Crippen molar-refractivity contribution in [3.05, 3.63) is 33.8 Å². The van der Waals surface area contributed by atoms with Crippen LogP contribution < -0.4 is 5.32 Å². The van der Waals surface area contributed by atoms with E-state index in [1.807, 2.05) is 19.4 Å². The fourth-order valence-electron chi connectivity index (χ4n) is 2.02. The minimum absolute atomic E-state index is 0.236. The van der Waals surface area contributed by atoms with Crippen LogP contribution in [0.3, 0.4) is 0 Å². The van der Waals surface area contributed by atoms with Crippen LogP contribution >= 0.6 is 11.3 Å². The van der Waals surface area contributed by atoms with Crippen LogP contribution in [0.25, 0.3) is 0 Å². The highest BCUT2D eigenvalue weighted by atomic mass is 32.1. The summed E-state index contributed by atoms with van der Waals surface area (Å²) in [5.41, 5.74) is 1.14. The van der Waals surface area contributed by atoms with Gasteiger partial charge in [0.2, 0.25) is 0 Å². The van der Waals surface area contributed by atoms with Gasteiger partial charge in [-0.25, -0.2) is 9.97 Å². The van der Waals surface area contributed by atoms with Crippen LogP contribution in [-0.4, -0.2) is 21.1 Å². The summed E-state index contributed by atoms with van der Waals surface area (Å²) in [6.07, 6.45) is 4.73. The minimum atomic E-state index is 0.236. The monoisotopic (exact) mass is 264 g/mol. The second-order valence-electron chi connectivity index (χ2n) is 4.46. The van der Waals surface area contributed by atoms with Gasteiger partial charge in [0.15, 0.2) is 0 Å². The van der Waals surface area contributed by atoms with E-state index in [0.717, 1.165) is 24.5 Å². The Hall–Kier alpha value is -1.20. The number of imidazole rings is 1. The molecule has 0 bridgehead atoms. The van der Waals surface area contributed by atoms with Gasteiger partial charge in [-0.05, 0) is 20.4 Å². The Kier molecular flexibility index (Phi) is 4.14. The fourth-order valence-corrected chi connectivity index (χ4v) is 2.99. The average Bonchev–Trinajstić information content (AvgIpc) is 2.86. The number of likely N-dealkylation sites (N-methyl/N-ethyl adjacent to an activating group) is 1. The summed E-state index contributed by atoms with van der Waals surface area (Å²) in [5.74, 6) is 1.07. The maximum Gasteiger partial charge on any atom is 0.126 e. The third kappa shape index (κ3) is 2.79. The number of rotatable bonds is 5. The Balaban J connectivity index is 2.19. The van der Waals surface area contributed by atoms with Gasteiger partial charge in [-0.3, -0.25) is 0 Å². The van der Waals surface area contributed by atoms with Gasteiger partial charge < -0.3 is 9.88 Å². The lowest BCUT2D eigenvalue weighted by atomic mass is 10.2. The van der Waals surface area contributed by atoms with E-state index < -0.39 is 0 Å². The number of thiazole rings is 1. The van der Waals surface area contributed by atoms with Crippen LogP contribution in [0.15, 0.2) is 12.4 Å². The predicted molar refractivity (Wildman–Crippen MR) is 74.9 cm³/mol. The summed E-state index contributed by atoms with van der Waals surface area (Å²) in [4.78, 5) is 10.4. The highest BCUT2D eigenvalue weighted by Crippen LogP contribution is 2.22. The molecule has 0 aliphatic rings. The van der Waals surface area contributed by atoms with E-state index in [-0.39, 0.29) is 6.04 Å². The lowest BCUT2D eigenvalue weighted by molar-refractivity contribution is 0.505. The largest absolute Gasteiger partial charge is 0.337 e. The smallest absolute Gasteiger partial charge is 0.126 e. The molecule has 1 atom stereocenters. The molecule has 0 radical (unpaired) electrons. The molecule has 0 saturated carbocycles. The molecule has 18 heavy (non-hydrogen) atoms. The molecule has 0 aliphatic heterocycles. The average molecular weight is 264 g/mol. The Morgan fingerprint density at radius 2 is 2.22 bits per heavy atom. The predicted octanol–water partition coefficient (Wildman–Crippen LogP) is 2.39. The van der Waals surface area contributed by atoms with E-state index in [1.54, 1.807) is 11.3 Å². The van der Waals surface area contributed by atoms with Crippen LogP contribution in [0.2, 0.25) is 0 Å². The van der Waals surface area contributed by atoms with Crippen molar-refractivity contribution in [1.29, 1.82) is 0 Å². The van der Waals surface area contributed by atoms with Crippen molar-refractivity contribution < 1.29 is 0 Å². The molecule has 5 heteroatoms. The SMILES string of the molecule is CCNC(Cc1nc(C)c(C)s1)c1nccn1C. The summed E-state index contributed by atoms with van der Waals surface area (Å²) in [6.45, 7) is 7.24. The molecular weight excluding hydrogens is 244 g/mol. The summed E-state index contributed by atoms with van der Waals surface area (Å²) < 4.78 is 2.07. The van der Waals surface area contributed by atoms with Crippen LogP contribution in [0.1, 0.15) is 34.4 Å². The van der Waals surface area contributed by atoms with Gasteiger partial charge in [0.1, 0.15) is 5.82 Å². The van der Waals surface area contributed by atoms with Gasteiger partial charge >= 0.3 is 0 Å². The van der Waals surface area contributed by atoms with E-state index in [9.17, 15) is 0 Å². The molecule has 0 amide bonds. The van der Waals surface area contributed by atoms with Gasteiger partial charge in [0.25, 0.3) is 0 Å². The van der Waals surface area contributed by atoms with E-state index in [4.69, 9.17) is 0 Å². The molecule has 4 nitrogen and oxygen atoms in total. The van der Waals surface area contributed by atoms with Crippen molar-refractivity contribution in [2.45, 2.75) is 33.2 Å². The van der Waals surface area contributed by atoms with Crippen molar-refractivity contribution in [1.82, 2.24) is 19.9 Å². The van der Waals surface area contributed by atoms with Crippen molar-refractivity contribution in [2.24, 2.45) is 7.05 Å². The molecule has 1 N–H and O–H groups in total. The third-order valence-corrected chi connectivity index (χ3v) is 4.17. The molecular formula is C13H20N4S. The number of aromatic nitrogens is 3. The first-order chi connectivity index (χ1) is 8.61. The van der Waals surface area contributed by atoms with Crippen LogP contribution in [0.5, 0.6) is 0 Å². The summed E-state index contributed by atoms with van der Waals surface area (Å²) in [7, 11) is 2.03.